The Kier molecular flexibility index (Phi) is 6.79. The lowest BCUT2D eigenvalue weighted by Crippen LogP contribution is -2.45. The third-order valence-electron chi connectivity index (χ3n) is 7.27. The monoisotopic (exact) mass is 461 g/mol. The van der Waals surface area contributed by atoms with Crippen LogP contribution in [0, 0.1) is 5.82 Å². The molecule has 1 unspecified atom stereocenters. The van der Waals surface area contributed by atoms with Gasteiger partial charge in [-0.2, -0.15) is 0 Å². The SMILES string of the molecule is COc1ccc(C(O)c2ccc3c(c2)N(C2CCN(CCc4ccc(F)cc4)CC2)CC3)cn1. The summed E-state index contributed by atoms with van der Waals surface area (Å²) in [5, 5.41) is 11.0. The first-order chi connectivity index (χ1) is 16.6. The van der Waals surface area contributed by atoms with Crippen LogP contribution in [0.3, 0.4) is 0 Å². The van der Waals surface area contributed by atoms with Crippen molar-refractivity contribution in [1.29, 1.82) is 0 Å². The number of aromatic nitrogens is 1. The van der Waals surface area contributed by atoms with E-state index in [1.807, 2.05) is 24.3 Å². The maximum Gasteiger partial charge on any atom is 0.212 e. The van der Waals surface area contributed by atoms with Crippen LogP contribution in [0.25, 0.3) is 0 Å². The Bertz CT molecular complexity index is 1100. The summed E-state index contributed by atoms with van der Waals surface area (Å²) in [6.45, 7) is 4.22. The number of piperidine rings is 1. The molecule has 3 aromatic rings. The number of fused-ring (bicyclic) bond motifs is 1. The van der Waals surface area contributed by atoms with Gasteiger partial charge in [-0.1, -0.05) is 24.3 Å². The highest BCUT2D eigenvalue weighted by Crippen LogP contribution is 2.36. The van der Waals surface area contributed by atoms with Gasteiger partial charge in [-0.15, -0.1) is 0 Å². The Morgan fingerprint density at radius 1 is 1.03 bits per heavy atom. The molecule has 0 bridgehead atoms. The fourth-order valence-corrected chi connectivity index (χ4v) is 5.23. The van der Waals surface area contributed by atoms with Crippen LogP contribution >= 0.6 is 0 Å². The topological polar surface area (TPSA) is 48.8 Å². The summed E-state index contributed by atoms with van der Waals surface area (Å²) in [6.07, 6.45) is 5.26. The minimum absolute atomic E-state index is 0.174. The quantitative estimate of drug-likeness (QED) is 0.566. The number of rotatable bonds is 7. The average Bonchev–Trinajstić information content (AvgIpc) is 3.31. The van der Waals surface area contributed by atoms with Crippen LogP contribution in [0.1, 0.15) is 41.2 Å². The first-order valence-corrected chi connectivity index (χ1v) is 12.1. The van der Waals surface area contributed by atoms with Crippen molar-refractivity contribution in [3.05, 3.63) is 88.9 Å². The molecule has 1 saturated heterocycles. The number of nitrogens with zero attached hydrogens (tertiary/aromatic N) is 3. The van der Waals surface area contributed by atoms with E-state index in [0.29, 0.717) is 11.9 Å². The largest absolute Gasteiger partial charge is 0.481 e. The molecule has 2 aromatic carbocycles. The average molecular weight is 462 g/mol. The molecule has 1 fully saturated rings. The number of methoxy groups -OCH3 is 1. The predicted octanol–water partition coefficient (Wildman–Crippen LogP) is 4.38. The van der Waals surface area contributed by atoms with E-state index in [9.17, 15) is 9.50 Å². The molecule has 6 heteroatoms. The summed E-state index contributed by atoms with van der Waals surface area (Å²) < 4.78 is 18.3. The third-order valence-corrected chi connectivity index (χ3v) is 7.27. The molecule has 1 aromatic heterocycles. The number of aliphatic hydroxyl groups is 1. The maximum absolute atomic E-state index is 13.1. The number of likely N-dealkylation sites (tertiary alicyclic amines) is 1. The van der Waals surface area contributed by atoms with Gasteiger partial charge < -0.3 is 19.6 Å². The second-order valence-corrected chi connectivity index (χ2v) is 9.32. The van der Waals surface area contributed by atoms with Crippen LogP contribution in [-0.2, 0) is 12.8 Å². The zero-order chi connectivity index (χ0) is 23.5. The van der Waals surface area contributed by atoms with E-state index in [4.69, 9.17) is 4.74 Å². The lowest BCUT2D eigenvalue weighted by molar-refractivity contribution is 0.211. The predicted molar refractivity (Wildman–Crippen MR) is 132 cm³/mol. The number of benzene rings is 2. The molecule has 3 heterocycles. The van der Waals surface area contributed by atoms with Gasteiger partial charge in [0.1, 0.15) is 11.9 Å². The van der Waals surface area contributed by atoms with E-state index < -0.39 is 6.10 Å². The Hall–Kier alpha value is -2.96. The van der Waals surface area contributed by atoms with Gasteiger partial charge in [-0.25, -0.2) is 9.37 Å². The molecular weight excluding hydrogens is 429 g/mol. The van der Waals surface area contributed by atoms with Gasteiger partial charge in [0.15, 0.2) is 0 Å². The van der Waals surface area contributed by atoms with Gasteiger partial charge in [0.2, 0.25) is 5.88 Å². The van der Waals surface area contributed by atoms with Crippen molar-refractivity contribution < 1.29 is 14.2 Å². The number of hydrogen-bond donors (Lipinski definition) is 1. The van der Waals surface area contributed by atoms with Gasteiger partial charge in [0.25, 0.3) is 0 Å². The van der Waals surface area contributed by atoms with Crippen molar-refractivity contribution >= 4 is 5.69 Å². The molecular formula is C28H32FN3O2. The zero-order valence-corrected chi connectivity index (χ0v) is 19.7. The van der Waals surface area contributed by atoms with Crippen LogP contribution in [0.15, 0.2) is 60.8 Å². The van der Waals surface area contributed by atoms with Crippen molar-refractivity contribution in [2.75, 3.05) is 38.2 Å². The number of halogens is 1. The second-order valence-electron chi connectivity index (χ2n) is 9.32. The molecule has 2 aliphatic heterocycles. The van der Waals surface area contributed by atoms with Gasteiger partial charge in [-0.05, 0) is 66.6 Å². The van der Waals surface area contributed by atoms with Crippen molar-refractivity contribution in [3.8, 4) is 5.88 Å². The zero-order valence-electron chi connectivity index (χ0n) is 19.7. The van der Waals surface area contributed by atoms with Crippen LogP contribution in [0.4, 0.5) is 10.1 Å². The van der Waals surface area contributed by atoms with Gasteiger partial charge in [-0.3, -0.25) is 0 Å². The standard InChI is InChI=1S/C28H32FN3O2/c1-34-27-9-6-23(19-30-27)28(33)22-5-4-21-11-17-32(26(21)18-22)25-12-15-31(16-13-25)14-10-20-2-7-24(29)8-3-20/h2-9,18-19,25,28,33H,10-17H2,1H3. The molecule has 0 radical (unpaired) electrons. The number of pyridine rings is 1. The summed E-state index contributed by atoms with van der Waals surface area (Å²) in [5.74, 6) is 0.367. The molecule has 0 aliphatic carbocycles. The maximum atomic E-state index is 13.1. The van der Waals surface area contributed by atoms with Crippen molar-refractivity contribution in [3.63, 3.8) is 0 Å². The molecule has 0 saturated carbocycles. The highest BCUT2D eigenvalue weighted by Gasteiger charge is 2.30. The number of anilines is 1. The van der Waals surface area contributed by atoms with E-state index in [2.05, 4.69) is 26.9 Å². The lowest BCUT2D eigenvalue weighted by Gasteiger charge is -2.38. The molecule has 0 amide bonds. The summed E-state index contributed by atoms with van der Waals surface area (Å²) in [6, 6.07) is 17.4. The third kappa shape index (κ3) is 4.93. The van der Waals surface area contributed by atoms with E-state index in [0.717, 1.165) is 63.0 Å². The van der Waals surface area contributed by atoms with Crippen molar-refractivity contribution in [2.45, 2.75) is 37.8 Å². The molecule has 1 N–H and O–H groups in total. The summed E-state index contributed by atoms with van der Waals surface area (Å²) >= 11 is 0. The fraction of sp³-hybridized carbons (Fsp3) is 0.393. The number of ether oxygens (including phenoxy) is 1. The first-order valence-electron chi connectivity index (χ1n) is 12.1. The molecule has 5 nitrogen and oxygen atoms in total. The highest BCUT2D eigenvalue weighted by molar-refractivity contribution is 5.61. The highest BCUT2D eigenvalue weighted by atomic mass is 19.1. The lowest BCUT2D eigenvalue weighted by atomic mass is 9.99. The van der Waals surface area contributed by atoms with Crippen LogP contribution in [0.5, 0.6) is 5.88 Å². The molecule has 34 heavy (non-hydrogen) atoms. The molecule has 2 aliphatic rings. The Morgan fingerprint density at radius 2 is 1.79 bits per heavy atom. The fourth-order valence-electron chi connectivity index (χ4n) is 5.23. The Labute approximate surface area is 200 Å². The van der Waals surface area contributed by atoms with Crippen molar-refractivity contribution in [1.82, 2.24) is 9.88 Å². The number of aliphatic hydroxyl groups excluding tert-OH is 1. The molecule has 1 atom stereocenters. The summed E-state index contributed by atoms with van der Waals surface area (Å²) in [4.78, 5) is 9.31. The van der Waals surface area contributed by atoms with E-state index in [1.165, 1.54) is 16.8 Å². The second kappa shape index (κ2) is 10.1. The minimum atomic E-state index is -0.709. The normalized spacial score (nSPS) is 17.6. The van der Waals surface area contributed by atoms with Crippen molar-refractivity contribution in [2.24, 2.45) is 0 Å². The van der Waals surface area contributed by atoms with Crippen LogP contribution in [-0.4, -0.2) is 54.3 Å². The summed E-state index contributed by atoms with van der Waals surface area (Å²) in [7, 11) is 1.59. The van der Waals surface area contributed by atoms with E-state index in [1.54, 1.807) is 31.5 Å². The van der Waals surface area contributed by atoms with Gasteiger partial charge in [0.05, 0.1) is 7.11 Å². The molecule has 178 valence electrons. The molecule has 5 rings (SSSR count). The smallest absolute Gasteiger partial charge is 0.212 e. The van der Waals surface area contributed by atoms with Crippen LogP contribution < -0.4 is 9.64 Å². The summed E-state index contributed by atoms with van der Waals surface area (Å²) in [5.41, 5.74) is 5.48. The van der Waals surface area contributed by atoms with E-state index in [-0.39, 0.29) is 5.82 Å². The Morgan fingerprint density at radius 3 is 2.50 bits per heavy atom. The first kappa shape index (κ1) is 22.8. The van der Waals surface area contributed by atoms with E-state index >= 15 is 0 Å². The van der Waals surface area contributed by atoms with Gasteiger partial charge >= 0.3 is 0 Å². The van der Waals surface area contributed by atoms with Crippen LogP contribution in [0.2, 0.25) is 0 Å². The minimum Gasteiger partial charge on any atom is -0.481 e. The number of hydrogen-bond acceptors (Lipinski definition) is 5. The Balaban J connectivity index is 1.21. The molecule has 0 spiro atoms. The van der Waals surface area contributed by atoms with Gasteiger partial charge in [0, 0.05) is 55.7 Å².